The zero-order valence-electron chi connectivity index (χ0n) is 7.34. The average Bonchev–Trinajstić information content (AvgIpc) is 2.50. The van der Waals surface area contributed by atoms with Gasteiger partial charge >= 0.3 is 0 Å². The second-order valence-corrected chi connectivity index (χ2v) is 3.53. The van der Waals surface area contributed by atoms with E-state index in [9.17, 15) is 8.78 Å². The second kappa shape index (κ2) is 2.92. The Kier molecular flexibility index (Phi) is 1.96. The summed E-state index contributed by atoms with van der Waals surface area (Å²) in [6.45, 7) is 0.835. The third kappa shape index (κ3) is 1.46. The molecule has 0 atom stereocenters. The van der Waals surface area contributed by atoms with Gasteiger partial charge in [0, 0.05) is 31.1 Å². The predicted octanol–water partition coefficient (Wildman–Crippen LogP) is 3.10. The number of nitrogens with zero attached hydrogens (tertiary/aromatic N) is 2. The number of alkyl halides is 2. The molecule has 5 heteroatoms. The van der Waals surface area contributed by atoms with Crippen LogP contribution in [0, 0.1) is 0 Å². The molecule has 0 bridgehead atoms. The van der Waals surface area contributed by atoms with E-state index in [2.05, 4.69) is 4.98 Å². The van der Waals surface area contributed by atoms with Crippen molar-refractivity contribution < 1.29 is 8.78 Å². The Labute approximate surface area is 84.1 Å². The van der Waals surface area contributed by atoms with Gasteiger partial charge in [-0.2, -0.15) is 0 Å². The van der Waals surface area contributed by atoms with Crippen molar-refractivity contribution in [2.45, 2.75) is 12.8 Å². The number of halogens is 3. The van der Waals surface area contributed by atoms with Crippen molar-refractivity contribution in [3.05, 3.63) is 35.2 Å². The van der Waals surface area contributed by atoms with Crippen LogP contribution in [0.3, 0.4) is 0 Å². The first-order valence-corrected chi connectivity index (χ1v) is 4.37. The Morgan fingerprint density at radius 2 is 2.21 bits per heavy atom. The first kappa shape index (κ1) is 9.40. The third-order valence-electron chi connectivity index (χ3n) is 1.95. The first-order chi connectivity index (χ1) is 6.48. The number of pyridine rings is 1. The fourth-order valence-electron chi connectivity index (χ4n) is 1.23. The standard InChI is InChI=1S/C9H7ClF2N2/c1-9(11,12)6-4-7(10)8-13-2-3-14(8)5-6/h2-5H,1H3. The summed E-state index contributed by atoms with van der Waals surface area (Å²) >= 11 is 5.79. The lowest BCUT2D eigenvalue weighted by Gasteiger charge is -2.11. The van der Waals surface area contributed by atoms with Crippen LogP contribution in [-0.4, -0.2) is 9.38 Å². The highest BCUT2D eigenvalue weighted by atomic mass is 35.5. The van der Waals surface area contributed by atoms with Gasteiger partial charge in [-0.1, -0.05) is 11.6 Å². The largest absolute Gasteiger partial charge is 0.305 e. The molecule has 2 heterocycles. The zero-order chi connectivity index (χ0) is 10.3. The van der Waals surface area contributed by atoms with E-state index in [0.717, 1.165) is 6.92 Å². The lowest BCUT2D eigenvalue weighted by Crippen LogP contribution is -2.08. The molecule has 0 amide bonds. The van der Waals surface area contributed by atoms with Gasteiger partial charge in [-0.25, -0.2) is 13.8 Å². The molecular formula is C9H7ClF2N2. The van der Waals surface area contributed by atoms with Gasteiger partial charge in [-0.05, 0) is 6.07 Å². The molecule has 0 unspecified atom stereocenters. The molecule has 2 rings (SSSR count). The molecule has 0 aliphatic carbocycles. The first-order valence-electron chi connectivity index (χ1n) is 3.99. The maximum absolute atomic E-state index is 13.0. The average molecular weight is 217 g/mol. The highest BCUT2D eigenvalue weighted by molar-refractivity contribution is 6.33. The molecule has 14 heavy (non-hydrogen) atoms. The van der Waals surface area contributed by atoms with Gasteiger partial charge in [0.05, 0.1) is 5.02 Å². The minimum Gasteiger partial charge on any atom is -0.305 e. The Bertz CT molecular complexity index is 473. The van der Waals surface area contributed by atoms with Crippen molar-refractivity contribution in [1.82, 2.24) is 9.38 Å². The SMILES string of the molecule is CC(F)(F)c1cc(Cl)c2nccn2c1. The Morgan fingerprint density at radius 1 is 1.50 bits per heavy atom. The summed E-state index contributed by atoms with van der Waals surface area (Å²) in [6, 6.07) is 1.24. The van der Waals surface area contributed by atoms with Gasteiger partial charge in [-0.15, -0.1) is 0 Å². The van der Waals surface area contributed by atoms with E-state index in [4.69, 9.17) is 11.6 Å². The highest BCUT2D eigenvalue weighted by Gasteiger charge is 2.25. The maximum atomic E-state index is 13.0. The summed E-state index contributed by atoms with van der Waals surface area (Å²) in [5, 5.41) is 0.231. The highest BCUT2D eigenvalue weighted by Crippen LogP contribution is 2.29. The van der Waals surface area contributed by atoms with Crippen LogP contribution in [0.15, 0.2) is 24.7 Å². The normalized spacial score (nSPS) is 12.3. The number of hydrogen-bond acceptors (Lipinski definition) is 1. The molecule has 0 aliphatic heterocycles. The van der Waals surface area contributed by atoms with Crippen molar-refractivity contribution in [2.75, 3.05) is 0 Å². The minimum atomic E-state index is -2.89. The van der Waals surface area contributed by atoms with Gasteiger partial charge in [0.15, 0.2) is 5.65 Å². The maximum Gasteiger partial charge on any atom is 0.271 e. The van der Waals surface area contributed by atoms with Gasteiger partial charge in [0.25, 0.3) is 5.92 Å². The van der Waals surface area contributed by atoms with Crippen LogP contribution >= 0.6 is 11.6 Å². The summed E-state index contributed by atoms with van der Waals surface area (Å²) in [5.74, 6) is -2.89. The summed E-state index contributed by atoms with van der Waals surface area (Å²) in [5.41, 5.74) is 0.368. The lowest BCUT2D eigenvalue weighted by molar-refractivity contribution is 0.0170. The molecule has 0 aliphatic rings. The van der Waals surface area contributed by atoms with Crippen LogP contribution in [0.1, 0.15) is 12.5 Å². The molecule has 0 saturated heterocycles. The summed E-state index contributed by atoms with van der Waals surface area (Å²) in [7, 11) is 0. The fourth-order valence-corrected chi connectivity index (χ4v) is 1.49. The van der Waals surface area contributed by atoms with Crippen LogP contribution in [0.5, 0.6) is 0 Å². The van der Waals surface area contributed by atoms with Gasteiger partial charge in [-0.3, -0.25) is 0 Å². The Morgan fingerprint density at radius 3 is 2.86 bits per heavy atom. The van der Waals surface area contributed by atoms with E-state index in [-0.39, 0.29) is 10.6 Å². The smallest absolute Gasteiger partial charge is 0.271 e. The van der Waals surface area contributed by atoms with Crippen molar-refractivity contribution in [3.63, 3.8) is 0 Å². The van der Waals surface area contributed by atoms with Crippen LogP contribution in [0.25, 0.3) is 5.65 Å². The van der Waals surface area contributed by atoms with Crippen LogP contribution in [-0.2, 0) is 5.92 Å². The summed E-state index contributed by atoms with van der Waals surface area (Å²) in [6.07, 6.45) is 4.42. The number of fused-ring (bicyclic) bond motifs is 1. The van der Waals surface area contributed by atoms with Crippen LogP contribution in [0.2, 0.25) is 5.02 Å². The van der Waals surface area contributed by atoms with E-state index in [1.165, 1.54) is 22.9 Å². The van der Waals surface area contributed by atoms with Crippen LogP contribution in [0.4, 0.5) is 8.78 Å². The molecular weight excluding hydrogens is 210 g/mol. The topological polar surface area (TPSA) is 17.3 Å². The predicted molar refractivity (Wildman–Crippen MR) is 49.8 cm³/mol. The molecule has 74 valence electrons. The fraction of sp³-hybridized carbons (Fsp3) is 0.222. The molecule has 0 saturated carbocycles. The van der Waals surface area contributed by atoms with Gasteiger partial charge in [0.1, 0.15) is 0 Å². The molecule has 2 aromatic rings. The number of imidazole rings is 1. The molecule has 0 radical (unpaired) electrons. The van der Waals surface area contributed by atoms with Crippen molar-refractivity contribution >= 4 is 17.2 Å². The molecule has 0 aromatic carbocycles. The summed E-state index contributed by atoms with van der Waals surface area (Å²) in [4.78, 5) is 3.93. The lowest BCUT2D eigenvalue weighted by atomic mass is 10.2. The quantitative estimate of drug-likeness (QED) is 0.716. The molecule has 2 aromatic heterocycles. The van der Waals surface area contributed by atoms with Gasteiger partial charge in [0.2, 0.25) is 0 Å². The number of rotatable bonds is 1. The number of hydrogen-bond donors (Lipinski definition) is 0. The summed E-state index contributed by atoms with van der Waals surface area (Å²) < 4.78 is 27.4. The molecule has 0 N–H and O–H groups in total. The third-order valence-corrected chi connectivity index (χ3v) is 2.23. The van der Waals surface area contributed by atoms with E-state index in [1.807, 2.05) is 0 Å². The second-order valence-electron chi connectivity index (χ2n) is 3.12. The van der Waals surface area contributed by atoms with E-state index < -0.39 is 5.92 Å². The number of aromatic nitrogens is 2. The van der Waals surface area contributed by atoms with Gasteiger partial charge < -0.3 is 4.40 Å². The Balaban J connectivity index is 2.70. The minimum absolute atomic E-state index is 0.118. The molecule has 0 fully saturated rings. The van der Waals surface area contributed by atoms with Crippen LogP contribution < -0.4 is 0 Å². The zero-order valence-corrected chi connectivity index (χ0v) is 8.09. The van der Waals surface area contributed by atoms with E-state index >= 15 is 0 Å². The molecule has 2 nitrogen and oxygen atoms in total. The van der Waals surface area contributed by atoms with Crippen molar-refractivity contribution in [1.29, 1.82) is 0 Å². The van der Waals surface area contributed by atoms with E-state index in [0.29, 0.717) is 5.65 Å². The monoisotopic (exact) mass is 216 g/mol. The van der Waals surface area contributed by atoms with Crippen molar-refractivity contribution in [2.24, 2.45) is 0 Å². The van der Waals surface area contributed by atoms with E-state index in [1.54, 1.807) is 6.20 Å². The Hall–Kier alpha value is -1.16. The molecule has 0 spiro atoms. The van der Waals surface area contributed by atoms with Crippen molar-refractivity contribution in [3.8, 4) is 0 Å².